The predicted molar refractivity (Wildman–Crippen MR) is 98.1 cm³/mol. The van der Waals surface area contributed by atoms with Gasteiger partial charge in [0.15, 0.2) is 0 Å². The van der Waals surface area contributed by atoms with Gasteiger partial charge in [0.05, 0.1) is 0 Å². The van der Waals surface area contributed by atoms with Crippen LogP contribution in [0.15, 0.2) is 54.1 Å². The van der Waals surface area contributed by atoms with E-state index in [4.69, 9.17) is 0 Å². The molecule has 0 fully saturated rings. The molecule has 0 aliphatic heterocycles. The van der Waals surface area contributed by atoms with Crippen LogP contribution in [0.4, 0.5) is 0 Å². The fourth-order valence-corrected chi connectivity index (χ4v) is 2.48. The highest BCUT2D eigenvalue weighted by atomic mass is 16.1. The van der Waals surface area contributed by atoms with Gasteiger partial charge < -0.3 is 5.32 Å². The lowest BCUT2D eigenvalue weighted by molar-refractivity contribution is -0.117. The van der Waals surface area contributed by atoms with Crippen molar-refractivity contribution < 1.29 is 4.79 Å². The number of hydrogen-bond acceptors (Lipinski definition) is 1. The molecule has 0 saturated heterocycles. The Hall–Kier alpha value is -2.35. The first-order valence-electron chi connectivity index (χ1n) is 8.10. The van der Waals surface area contributed by atoms with Gasteiger partial charge in [-0.25, -0.2) is 0 Å². The van der Waals surface area contributed by atoms with Crippen LogP contribution >= 0.6 is 0 Å². The molecule has 120 valence electrons. The first-order valence-corrected chi connectivity index (χ1v) is 8.10. The number of hydrogen-bond donors (Lipinski definition) is 1. The van der Waals surface area contributed by atoms with Crippen LogP contribution in [0.2, 0.25) is 0 Å². The molecule has 1 amide bonds. The third-order valence-electron chi connectivity index (χ3n) is 3.86. The first-order chi connectivity index (χ1) is 11.0. The molecule has 0 bridgehead atoms. The number of rotatable bonds is 5. The normalized spacial score (nSPS) is 11.6. The number of carbonyl (C=O) groups excluding carboxylic acids is 1. The van der Waals surface area contributed by atoms with Gasteiger partial charge in [-0.3, -0.25) is 4.79 Å². The molecule has 0 aliphatic carbocycles. The lowest BCUT2D eigenvalue weighted by atomic mass is 9.95. The van der Waals surface area contributed by atoms with E-state index in [0.29, 0.717) is 12.5 Å². The Balaban J connectivity index is 2.27. The molecule has 0 atom stereocenters. The molecular formula is C21H25NO. The third kappa shape index (κ3) is 4.56. The van der Waals surface area contributed by atoms with Gasteiger partial charge in [0.1, 0.15) is 0 Å². The van der Waals surface area contributed by atoms with Crippen LogP contribution < -0.4 is 5.32 Å². The molecule has 1 N–H and O–H groups in total. The Labute approximate surface area is 139 Å². The van der Waals surface area contributed by atoms with E-state index in [2.05, 4.69) is 50.4 Å². The summed E-state index contributed by atoms with van der Waals surface area (Å²) in [5, 5.41) is 2.96. The zero-order chi connectivity index (χ0) is 16.8. The minimum Gasteiger partial charge on any atom is -0.352 e. The van der Waals surface area contributed by atoms with Gasteiger partial charge in [0.25, 0.3) is 0 Å². The lowest BCUT2D eigenvalue weighted by Crippen LogP contribution is -2.27. The maximum absolute atomic E-state index is 12.1. The van der Waals surface area contributed by atoms with E-state index in [1.54, 1.807) is 0 Å². The molecule has 2 aromatic carbocycles. The maximum Gasteiger partial charge on any atom is 0.246 e. The molecule has 0 spiro atoms. The molecule has 23 heavy (non-hydrogen) atoms. The van der Waals surface area contributed by atoms with Gasteiger partial charge in [0.2, 0.25) is 5.91 Å². The highest BCUT2D eigenvalue weighted by Crippen LogP contribution is 2.26. The van der Waals surface area contributed by atoms with Crippen LogP contribution in [0, 0.1) is 12.8 Å². The highest BCUT2D eigenvalue weighted by molar-refractivity contribution is 5.97. The lowest BCUT2D eigenvalue weighted by Gasteiger charge is -2.11. The van der Waals surface area contributed by atoms with Crippen LogP contribution in [-0.2, 0) is 4.79 Å². The Morgan fingerprint density at radius 1 is 1.09 bits per heavy atom. The Kier molecular flexibility index (Phi) is 5.75. The molecule has 0 unspecified atom stereocenters. The SMILES string of the molecule is C/C(=C\c1cccc(-c2ccccc2)c1C)C(=O)NCC(C)C. The minimum absolute atomic E-state index is 0.00298. The highest BCUT2D eigenvalue weighted by Gasteiger charge is 2.08. The summed E-state index contributed by atoms with van der Waals surface area (Å²) < 4.78 is 0. The Bertz CT molecular complexity index is 699. The molecular weight excluding hydrogens is 282 g/mol. The van der Waals surface area contributed by atoms with Gasteiger partial charge in [0, 0.05) is 12.1 Å². The molecule has 0 saturated carbocycles. The van der Waals surface area contributed by atoms with Gasteiger partial charge in [-0.15, -0.1) is 0 Å². The van der Waals surface area contributed by atoms with Gasteiger partial charge in [-0.1, -0.05) is 62.4 Å². The van der Waals surface area contributed by atoms with Crippen molar-refractivity contribution in [3.8, 4) is 11.1 Å². The van der Waals surface area contributed by atoms with E-state index in [-0.39, 0.29) is 5.91 Å². The van der Waals surface area contributed by atoms with Crippen molar-refractivity contribution in [3.63, 3.8) is 0 Å². The van der Waals surface area contributed by atoms with Gasteiger partial charge in [-0.2, -0.15) is 0 Å². The summed E-state index contributed by atoms with van der Waals surface area (Å²) >= 11 is 0. The molecule has 0 heterocycles. The molecule has 2 heteroatoms. The van der Waals surface area contributed by atoms with E-state index in [1.807, 2.05) is 37.3 Å². The number of carbonyl (C=O) groups is 1. The summed E-state index contributed by atoms with van der Waals surface area (Å²) in [6.07, 6.45) is 1.97. The third-order valence-corrected chi connectivity index (χ3v) is 3.86. The minimum atomic E-state index is 0.00298. The van der Waals surface area contributed by atoms with Crippen LogP contribution in [0.25, 0.3) is 17.2 Å². The van der Waals surface area contributed by atoms with Gasteiger partial charge in [-0.05, 0) is 48.1 Å². The summed E-state index contributed by atoms with van der Waals surface area (Å²) in [5.41, 5.74) is 5.41. The van der Waals surface area contributed by atoms with Crippen LogP contribution in [0.5, 0.6) is 0 Å². The van der Waals surface area contributed by atoms with Crippen molar-refractivity contribution in [1.29, 1.82) is 0 Å². The Morgan fingerprint density at radius 3 is 2.43 bits per heavy atom. The van der Waals surface area contributed by atoms with E-state index < -0.39 is 0 Å². The van der Waals surface area contributed by atoms with Crippen LogP contribution in [-0.4, -0.2) is 12.5 Å². The average molecular weight is 307 g/mol. The molecule has 2 aromatic rings. The fraction of sp³-hybridized carbons (Fsp3) is 0.286. The predicted octanol–water partition coefficient (Wildman–Crippen LogP) is 4.84. The summed E-state index contributed by atoms with van der Waals surface area (Å²) in [6.45, 7) is 8.85. The second-order valence-corrected chi connectivity index (χ2v) is 6.32. The van der Waals surface area contributed by atoms with Gasteiger partial charge >= 0.3 is 0 Å². The second kappa shape index (κ2) is 7.77. The maximum atomic E-state index is 12.1. The van der Waals surface area contributed by atoms with Crippen molar-refractivity contribution in [1.82, 2.24) is 5.32 Å². The molecule has 0 aliphatic rings. The van der Waals surface area contributed by atoms with Crippen molar-refractivity contribution in [2.75, 3.05) is 6.54 Å². The smallest absolute Gasteiger partial charge is 0.246 e. The van der Waals surface area contributed by atoms with Crippen LogP contribution in [0.3, 0.4) is 0 Å². The second-order valence-electron chi connectivity index (χ2n) is 6.32. The first kappa shape index (κ1) is 17.0. The largest absolute Gasteiger partial charge is 0.352 e. The molecule has 2 rings (SSSR count). The quantitative estimate of drug-likeness (QED) is 0.787. The van der Waals surface area contributed by atoms with Crippen molar-refractivity contribution in [2.24, 2.45) is 5.92 Å². The van der Waals surface area contributed by atoms with Crippen molar-refractivity contribution >= 4 is 12.0 Å². The molecule has 0 radical (unpaired) electrons. The van der Waals surface area contributed by atoms with Crippen molar-refractivity contribution in [3.05, 3.63) is 65.2 Å². The topological polar surface area (TPSA) is 29.1 Å². The summed E-state index contributed by atoms with van der Waals surface area (Å²) in [6, 6.07) is 16.5. The van der Waals surface area contributed by atoms with E-state index in [1.165, 1.54) is 16.7 Å². The van der Waals surface area contributed by atoms with Crippen molar-refractivity contribution in [2.45, 2.75) is 27.7 Å². The monoisotopic (exact) mass is 307 g/mol. The molecule has 2 nitrogen and oxygen atoms in total. The summed E-state index contributed by atoms with van der Waals surface area (Å²) in [5.74, 6) is 0.457. The molecule has 0 aromatic heterocycles. The summed E-state index contributed by atoms with van der Waals surface area (Å²) in [7, 11) is 0. The van der Waals surface area contributed by atoms with E-state index in [0.717, 1.165) is 11.1 Å². The standard InChI is InChI=1S/C21H25NO/c1-15(2)14-22-21(23)16(3)13-19-11-8-12-20(17(19)4)18-9-6-5-7-10-18/h5-13,15H,14H2,1-4H3,(H,22,23)/b16-13+. The summed E-state index contributed by atoms with van der Waals surface area (Å²) in [4.78, 5) is 12.1. The van der Waals surface area contributed by atoms with E-state index in [9.17, 15) is 4.79 Å². The fourth-order valence-electron chi connectivity index (χ4n) is 2.48. The Morgan fingerprint density at radius 2 is 1.78 bits per heavy atom. The average Bonchev–Trinajstić information content (AvgIpc) is 2.55. The number of benzene rings is 2. The number of nitrogens with one attached hydrogen (secondary N) is 1. The van der Waals surface area contributed by atoms with E-state index >= 15 is 0 Å². The zero-order valence-electron chi connectivity index (χ0n) is 14.4. The number of amides is 1. The van der Waals surface area contributed by atoms with Crippen LogP contribution in [0.1, 0.15) is 31.9 Å². The zero-order valence-corrected chi connectivity index (χ0v) is 14.4.